The minimum atomic E-state index is -0.0708. The van der Waals surface area contributed by atoms with Crippen LogP contribution in [-0.4, -0.2) is 30.9 Å². The van der Waals surface area contributed by atoms with Crippen molar-refractivity contribution in [3.63, 3.8) is 0 Å². The first-order valence-corrected chi connectivity index (χ1v) is 7.17. The minimum absolute atomic E-state index is 0.0105. The first kappa shape index (κ1) is 13.1. The molecule has 106 valence electrons. The molecule has 0 radical (unpaired) electrons. The molecule has 3 N–H and O–H groups in total. The molecule has 1 saturated carbocycles. The molecule has 3 rings (SSSR count). The van der Waals surface area contributed by atoms with Crippen LogP contribution < -0.4 is 16.0 Å². The number of fused-ring (bicyclic) bond motifs is 1. The van der Waals surface area contributed by atoms with Crippen LogP contribution in [0, 0.1) is 0 Å². The van der Waals surface area contributed by atoms with Gasteiger partial charge >= 0.3 is 0 Å². The Kier molecular flexibility index (Phi) is 3.69. The average Bonchev–Trinajstić information content (AvgIpc) is 3.17. The molecule has 5 heteroatoms. The third kappa shape index (κ3) is 3.17. The lowest BCUT2D eigenvalue weighted by atomic mass is 10.1. The lowest BCUT2D eigenvalue weighted by molar-refractivity contribution is -0.115. The van der Waals surface area contributed by atoms with E-state index in [0.29, 0.717) is 24.6 Å². The molecule has 0 spiro atoms. The number of nitrogens with one attached hydrogen (secondary N) is 3. The predicted octanol–water partition coefficient (Wildman–Crippen LogP) is 1.05. The number of amides is 2. The molecule has 1 aromatic carbocycles. The zero-order valence-electron chi connectivity index (χ0n) is 11.4. The summed E-state index contributed by atoms with van der Waals surface area (Å²) >= 11 is 0. The molecule has 5 nitrogen and oxygen atoms in total. The summed E-state index contributed by atoms with van der Waals surface area (Å²) in [6.45, 7) is 1.63. The molecule has 1 aliphatic heterocycles. The molecule has 0 aromatic heterocycles. The maximum absolute atomic E-state index is 12.0. The topological polar surface area (TPSA) is 70.2 Å². The van der Waals surface area contributed by atoms with Gasteiger partial charge in [0, 0.05) is 23.8 Å². The van der Waals surface area contributed by atoms with E-state index in [2.05, 4.69) is 16.0 Å². The molecular weight excluding hydrogens is 254 g/mol. The van der Waals surface area contributed by atoms with E-state index in [4.69, 9.17) is 0 Å². The Balaban J connectivity index is 1.47. The first-order valence-electron chi connectivity index (χ1n) is 7.17. The first-order chi connectivity index (χ1) is 9.72. The fourth-order valence-electron chi connectivity index (χ4n) is 2.36. The van der Waals surface area contributed by atoms with Gasteiger partial charge in [0.25, 0.3) is 5.91 Å². The van der Waals surface area contributed by atoms with Crippen LogP contribution in [0.4, 0.5) is 5.69 Å². The summed E-state index contributed by atoms with van der Waals surface area (Å²) in [5.41, 5.74) is 2.34. The third-order valence-electron chi connectivity index (χ3n) is 3.64. The van der Waals surface area contributed by atoms with Crippen molar-refractivity contribution in [2.24, 2.45) is 0 Å². The lowest BCUT2D eigenvalue weighted by Crippen LogP contribution is -2.28. The molecule has 1 aromatic rings. The Hall–Kier alpha value is -1.88. The van der Waals surface area contributed by atoms with Crippen molar-refractivity contribution < 1.29 is 9.59 Å². The average molecular weight is 273 g/mol. The van der Waals surface area contributed by atoms with E-state index in [1.54, 1.807) is 18.2 Å². The highest BCUT2D eigenvalue weighted by atomic mass is 16.2. The Morgan fingerprint density at radius 2 is 2.15 bits per heavy atom. The molecule has 1 fully saturated rings. The number of rotatable bonds is 6. The van der Waals surface area contributed by atoms with Crippen molar-refractivity contribution in [3.8, 4) is 0 Å². The molecule has 0 saturated heterocycles. The van der Waals surface area contributed by atoms with E-state index < -0.39 is 0 Å². The van der Waals surface area contributed by atoms with Gasteiger partial charge in [-0.05, 0) is 49.6 Å². The van der Waals surface area contributed by atoms with E-state index in [0.717, 1.165) is 24.2 Å². The monoisotopic (exact) mass is 273 g/mol. The van der Waals surface area contributed by atoms with Crippen LogP contribution >= 0.6 is 0 Å². The van der Waals surface area contributed by atoms with Crippen LogP contribution in [0.5, 0.6) is 0 Å². The van der Waals surface area contributed by atoms with E-state index in [1.165, 1.54) is 12.8 Å². The molecule has 2 amide bonds. The summed E-state index contributed by atoms with van der Waals surface area (Å²) in [4.78, 5) is 23.3. The number of carbonyl (C=O) groups is 2. The van der Waals surface area contributed by atoms with Gasteiger partial charge in [0.05, 0.1) is 6.42 Å². The van der Waals surface area contributed by atoms with Gasteiger partial charge in [-0.15, -0.1) is 0 Å². The van der Waals surface area contributed by atoms with E-state index in [9.17, 15) is 9.59 Å². The largest absolute Gasteiger partial charge is 0.352 e. The number of benzene rings is 1. The molecule has 1 heterocycles. The minimum Gasteiger partial charge on any atom is -0.352 e. The second kappa shape index (κ2) is 5.63. The summed E-state index contributed by atoms with van der Waals surface area (Å²) in [6.07, 6.45) is 3.87. The zero-order valence-corrected chi connectivity index (χ0v) is 11.4. The van der Waals surface area contributed by atoms with Crippen molar-refractivity contribution >= 4 is 17.5 Å². The Bertz CT molecular complexity index is 538. The van der Waals surface area contributed by atoms with E-state index in [-0.39, 0.29) is 11.8 Å². The summed E-state index contributed by atoms with van der Waals surface area (Å²) in [5.74, 6) is -0.0812. The van der Waals surface area contributed by atoms with Crippen LogP contribution in [0.3, 0.4) is 0 Å². The SMILES string of the molecule is O=C1Cc2cc(C(=O)NCCCNC3CC3)ccc2N1. The maximum Gasteiger partial charge on any atom is 0.251 e. The van der Waals surface area contributed by atoms with Crippen molar-refractivity contribution in [1.82, 2.24) is 10.6 Å². The van der Waals surface area contributed by atoms with Gasteiger partial charge < -0.3 is 16.0 Å². The van der Waals surface area contributed by atoms with Gasteiger partial charge in [-0.3, -0.25) is 9.59 Å². The van der Waals surface area contributed by atoms with Gasteiger partial charge in [0.15, 0.2) is 0 Å². The van der Waals surface area contributed by atoms with Crippen LogP contribution in [0.1, 0.15) is 35.2 Å². The molecule has 1 aliphatic carbocycles. The predicted molar refractivity (Wildman–Crippen MR) is 76.8 cm³/mol. The second-order valence-corrected chi connectivity index (χ2v) is 5.43. The molecule has 2 aliphatic rings. The van der Waals surface area contributed by atoms with Crippen LogP contribution in [0.15, 0.2) is 18.2 Å². The normalized spacial score (nSPS) is 16.7. The smallest absolute Gasteiger partial charge is 0.251 e. The molecule has 0 unspecified atom stereocenters. The fraction of sp³-hybridized carbons (Fsp3) is 0.467. The highest BCUT2D eigenvalue weighted by Crippen LogP contribution is 2.23. The fourth-order valence-corrected chi connectivity index (χ4v) is 2.36. The maximum atomic E-state index is 12.0. The molecule has 0 atom stereocenters. The van der Waals surface area contributed by atoms with Crippen LogP contribution in [0.2, 0.25) is 0 Å². The Morgan fingerprint density at radius 3 is 2.95 bits per heavy atom. The number of hydrogen-bond donors (Lipinski definition) is 3. The summed E-state index contributed by atoms with van der Waals surface area (Å²) in [5, 5.41) is 9.08. The van der Waals surface area contributed by atoms with Crippen molar-refractivity contribution in [1.29, 1.82) is 0 Å². The van der Waals surface area contributed by atoms with Crippen molar-refractivity contribution in [2.45, 2.75) is 31.7 Å². The number of carbonyl (C=O) groups excluding carboxylic acids is 2. The van der Waals surface area contributed by atoms with Crippen molar-refractivity contribution in [2.75, 3.05) is 18.4 Å². The quantitative estimate of drug-likeness (QED) is 0.679. The van der Waals surface area contributed by atoms with Gasteiger partial charge in [-0.1, -0.05) is 0 Å². The van der Waals surface area contributed by atoms with Crippen LogP contribution in [0.25, 0.3) is 0 Å². The van der Waals surface area contributed by atoms with Gasteiger partial charge in [0.1, 0.15) is 0 Å². The molecular formula is C15H19N3O2. The highest BCUT2D eigenvalue weighted by molar-refractivity contribution is 6.01. The summed E-state index contributed by atoms with van der Waals surface area (Å²) in [6, 6.07) is 6.06. The lowest BCUT2D eigenvalue weighted by Gasteiger charge is -2.07. The highest BCUT2D eigenvalue weighted by Gasteiger charge is 2.20. The Labute approximate surface area is 118 Å². The summed E-state index contributed by atoms with van der Waals surface area (Å²) < 4.78 is 0. The van der Waals surface area contributed by atoms with Gasteiger partial charge in [-0.25, -0.2) is 0 Å². The van der Waals surface area contributed by atoms with E-state index in [1.807, 2.05) is 0 Å². The Morgan fingerprint density at radius 1 is 1.30 bits per heavy atom. The van der Waals surface area contributed by atoms with E-state index >= 15 is 0 Å². The third-order valence-corrected chi connectivity index (χ3v) is 3.64. The second-order valence-electron chi connectivity index (χ2n) is 5.43. The molecule has 0 bridgehead atoms. The zero-order chi connectivity index (χ0) is 13.9. The molecule has 20 heavy (non-hydrogen) atoms. The summed E-state index contributed by atoms with van der Waals surface area (Å²) in [7, 11) is 0. The van der Waals surface area contributed by atoms with Crippen LogP contribution in [-0.2, 0) is 11.2 Å². The van der Waals surface area contributed by atoms with Crippen molar-refractivity contribution in [3.05, 3.63) is 29.3 Å². The number of hydrogen-bond acceptors (Lipinski definition) is 3. The standard InChI is InChI=1S/C15H19N3O2/c19-14-9-11-8-10(2-5-13(11)18-14)15(20)17-7-1-6-16-12-3-4-12/h2,5,8,12,16H,1,3-4,6-7,9H2,(H,17,20)(H,18,19). The van der Waals surface area contributed by atoms with Gasteiger partial charge in [-0.2, -0.15) is 0 Å². The number of anilines is 1. The van der Waals surface area contributed by atoms with Gasteiger partial charge in [0.2, 0.25) is 5.91 Å².